The van der Waals surface area contributed by atoms with Crippen molar-refractivity contribution >= 4 is 15.9 Å². The summed E-state index contributed by atoms with van der Waals surface area (Å²) >= 11 is 3.36. The smallest absolute Gasteiger partial charge is 0.126 e. The molecule has 0 aromatic heterocycles. The zero-order chi connectivity index (χ0) is 10.4. The first-order valence-electron chi connectivity index (χ1n) is 4.69. The number of alkyl halides is 1. The molecule has 1 aromatic carbocycles. The van der Waals surface area contributed by atoms with Crippen LogP contribution in [-0.4, -0.2) is 5.33 Å². The predicted octanol–water partition coefficient (Wildman–Crippen LogP) is 4.10. The van der Waals surface area contributed by atoms with Crippen molar-refractivity contribution in [3.63, 3.8) is 0 Å². The van der Waals surface area contributed by atoms with E-state index in [1.807, 2.05) is 19.1 Å². The maximum atomic E-state index is 13.2. The van der Waals surface area contributed by atoms with Crippen molar-refractivity contribution in [2.45, 2.75) is 19.8 Å². The lowest BCUT2D eigenvalue weighted by atomic mass is 10.1. The lowest BCUT2D eigenvalue weighted by molar-refractivity contribution is 0.613. The van der Waals surface area contributed by atoms with Gasteiger partial charge in [-0.15, -0.1) is 0 Å². The van der Waals surface area contributed by atoms with E-state index in [0.717, 1.165) is 17.3 Å². The van der Waals surface area contributed by atoms with E-state index in [2.05, 4.69) is 22.0 Å². The van der Waals surface area contributed by atoms with Gasteiger partial charge in [-0.05, 0) is 31.4 Å². The second kappa shape index (κ2) is 5.97. The summed E-state index contributed by atoms with van der Waals surface area (Å²) in [4.78, 5) is 0. The Bertz CT molecular complexity index is 318. The normalized spacial score (nSPS) is 11.8. The van der Waals surface area contributed by atoms with Gasteiger partial charge < -0.3 is 0 Å². The molecule has 0 fully saturated rings. The molecule has 0 atom stereocenters. The number of benzene rings is 1. The average molecular weight is 257 g/mol. The van der Waals surface area contributed by atoms with Gasteiger partial charge in [0.05, 0.1) is 0 Å². The number of rotatable bonds is 4. The summed E-state index contributed by atoms with van der Waals surface area (Å²) in [6.45, 7) is 2.04. The third kappa shape index (κ3) is 3.62. The van der Waals surface area contributed by atoms with Gasteiger partial charge in [-0.3, -0.25) is 0 Å². The number of allylic oxidation sites excluding steroid dienone is 2. The van der Waals surface area contributed by atoms with Crippen LogP contribution in [0.2, 0.25) is 0 Å². The monoisotopic (exact) mass is 256 g/mol. The van der Waals surface area contributed by atoms with Gasteiger partial charge in [-0.25, -0.2) is 4.39 Å². The first-order chi connectivity index (χ1) is 6.74. The van der Waals surface area contributed by atoms with Crippen molar-refractivity contribution in [2.24, 2.45) is 0 Å². The molecule has 76 valence electrons. The summed E-state index contributed by atoms with van der Waals surface area (Å²) in [7, 11) is 0. The molecule has 0 unspecified atom stereocenters. The van der Waals surface area contributed by atoms with Gasteiger partial charge in [0.2, 0.25) is 0 Å². The molecule has 0 bridgehead atoms. The fourth-order valence-corrected chi connectivity index (χ4v) is 1.54. The molecule has 0 saturated heterocycles. The Morgan fingerprint density at radius 2 is 2.14 bits per heavy atom. The molecule has 0 aliphatic heterocycles. The van der Waals surface area contributed by atoms with Gasteiger partial charge in [0.1, 0.15) is 5.82 Å². The summed E-state index contributed by atoms with van der Waals surface area (Å²) in [6.07, 6.45) is 3.85. The minimum absolute atomic E-state index is 0.112. The molecular formula is C12H14BrF. The largest absolute Gasteiger partial charge is 0.207 e. The minimum Gasteiger partial charge on any atom is -0.207 e. The van der Waals surface area contributed by atoms with E-state index >= 15 is 0 Å². The summed E-state index contributed by atoms with van der Waals surface area (Å²) in [5, 5.41) is 0.960. The van der Waals surface area contributed by atoms with E-state index in [4.69, 9.17) is 0 Å². The fraction of sp³-hybridized carbons (Fsp3) is 0.333. The molecular weight excluding hydrogens is 243 g/mol. The molecule has 0 aliphatic rings. The van der Waals surface area contributed by atoms with Gasteiger partial charge in [0.15, 0.2) is 0 Å². The van der Waals surface area contributed by atoms with E-state index in [1.165, 1.54) is 11.6 Å². The Labute approximate surface area is 93.0 Å². The summed E-state index contributed by atoms with van der Waals surface area (Å²) in [5.41, 5.74) is 1.99. The standard InChI is InChI=1S/C12H14BrF/c1-10(5-4-8-13)9-11-6-2-3-7-12(11)14/h2-3,5-7H,4,8-9H2,1H3. The van der Waals surface area contributed by atoms with Crippen LogP contribution < -0.4 is 0 Å². The molecule has 2 heteroatoms. The van der Waals surface area contributed by atoms with Crippen molar-refractivity contribution in [1.29, 1.82) is 0 Å². The molecule has 0 nitrogen and oxygen atoms in total. The first kappa shape index (κ1) is 11.4. The van der Waals surface area contributed by atoms with Crippen molar-refractivity contribution in [2.75, 3.05) is 5.33 Å². The molecule has 0 radical (unpaired) electrons. The van der Waals surface area contributed by atoms with E-state index < -0.39 is 0 Å². The van der Waals surface area contributed by atoms with Gasteiger partial charge in [-0.1, -0.05) is 45.8 Å². The lowest BCUT2D eigenvalue weighted by Crippen LogP contribution is -1.91. The highest BCUT2D eigenvalue weighted by molar-refractivity contribution is 9.09. The van der Waals surface area contributed by atoms with Crippen molar-refractivity contribution in [1.82, 2.24) is 0 Å². The van der Waals surface area contributed by atoms with Crippen LogP contribution in [-0.2, 0) is 6.42 Å². The highest BCUT2D eigenvalue weighted by Gasteiger charge is 2.00. The lowest BCUT2D eigenvalue weighted by Gasteiger charge is -2.02. The fourth-order valence-electron chi connectivity index (χ4n) is 1.32. The topological polar surface area (TPSA) is 0 Å². The summed E-state index contributed by atoms with van der Waals surface area (Å²) < 4.78 is 13.2. The van der Waals surface area contributed by atoms with Crippen LogP contribution in [0, 0.1) is 5.82 Å². The van der Waals surface area contributed by atoms with E-state index in [9.17, 15) is 4.39 Å². The quantitative estimate of drug-likeness (QED) is 0.562. The molecule has 1 aromatic rings. The molecule has 0 spiro atoms. The molecule has 14 heavy (non-hydrogen) atoms. The van der Waals surface area contributed by atoms with E-state index in [0.29, 0.717) is 6.42 Å². The Morgan fingerprint density at radius 1 is 1.43 bits per heavy atom. The first-order valence-corrected chi connectivity index (χ1v) is 5.81. The zero-order valence-electron chi connectivity index (χ0n) is 8.26. The zero-order valence-corrected chi connectivity index (χ0v) is 9.85. The number of halogens is 2. The molecule has 1 rings (SSSR count). The van der Waals surface area contributed by atoms with Gasteiger partial charge in [0, 0.05) is 5.33 Å². The van der Waals surface area contributed by atoms with E-state index in [-0.39, 0.29) is 5.82 Å². The maximum absolute atomic E-state index is 13.2. The van der Waals surface area contributed by atoms with Gasteiger partial charge in [0.25, 0.3) is 0 Å². The third-order valence-corrected chi connectivity index (χ3v) is 2.49. The number of hydrogen-bond acceptors (Lipinski definition) is 0. The van der Waals surface area contributed by atoms with Crippen LogP contribution in [0.4, 0.5) is 4.39 Å². The van der Waals surface area contributed by atoms with Crippen LogP contribution >= 0.6 is 15.9 Å². The van der Waals surface area contributed by atoms with Crippen LogP contribution in [0.1, 0.15) is 18.9 Å². The molecule has 0 heterocycles. The van der Waals surface area contributed by atoms with Crippen molar-refractivity contribution in [3.8, 4) is 0 Å². The molecule has 0 N–H and O–H groups in total. The van der Waals surface area contributed by atoms with Crippen molar-refractivity contribution in [3.05, 3.63) is 47.3 Å². The average Bonchev–Trinajstić information content (AvgIpc) is 2.18. The Balaban J connectivity index is 2.64. The van der Waals surface area contributed by atoms with Gasteiger partial charge in [-0.2, -0.15) is 0 Å². The highest BCUT2D eigenvalue weighted by Crippen LogP contribution is 2.12. The van der Waals surface area contributed by atoms with Gasteiger partial charge >= 0.3 is 0 Å². The van der Waals surface area contributed by atoms with Crippen molar-refractivity contribution < 1.29 is 4.39 Å². The van der Waals surface area contributed by atoms with Crippen LogP contribution in [0.25, 0.3) is 0 Å². The van der Waals surface area contributed by atoms with E-state index in [1.54, 1.807) is 6.07 Å². The molecule has 0 aliphatic carbocycles. The third-order valence-electron chi connectivity index (χ3n) is 2.03. The van der Waals surface area contributed by atoms with Crippen LogP contribution in [0.3, 0.4) is 0 Å². The Hall–Kier alpha value is -0.630. The molecule has 0 saturated carbocycles. The Kier molecular flexibility index (Phi) is 4.88. The second-order valence-electron chi connectivity index (χ2n) is 3.30. The second-order valence-corrected chi connectivity index (χ2v) is 4.09. The predicted molar refractivity (Wildman–Crippen MR) is 62.3 cm³/mol. The van der Waals surface area contributed by atoms with Crippen LogP contribution in [0.15, 0.2) is 35.9 Å². The Morgan fingerprint density at radius 3 is 2.79 bits per heavy atom. The molecule has 0 amide bonds. The summed E-state index contributed by atoms with van der Waals surface area (Å²) in [6, 6.07) is 6.93. The van der Waals surface area contributed by atoms with Crippen LogP contribution in [0.5, 0.6) is 0 Å². The minimum atomic E-state index is -0.112. The number of hydrogen-bond donors (Lipinski definition) is 0. The maximum Gasteiger partial charge on any atom is 0.126 e. The SMILES string of the molecule is CC(=CCCBr)Cc1ccccc1F. The highest BCUT2D eigenvalue weighted by atomic mass is 79.9. The summed E-state index contributed by atoms with van der Waals surface area (Å²) in [5.74, 6) is -0.112.